The summed E-state index contributed by atoms with van der Waals surface area (Å²) in [6, 6.07) is 13.6. The van der Waals surface area contributed by atoms with Gasteiger partial charge in [-0.1, -0.05) is 30.3 Å². The zero-order chi connectivity index (χ0) is 20.1. The zero-order valence-corrected chi connectivity index (χ0v) is 16.2. The highest BCUT2D eigenvalue weighted by Crippen LogP contribution is 2.21. The molecule has 3 heterocycles. The number of hydrogen-bond acceptors (Lipinski definition) is 7. The van der Waals surface area contributed by atoms with E-state index in [4.69, 9.17) is 4.74 Å². The molecule has 1 aromatic carbocycles. The summed E-state index contributed by atoms with van der Waals surface area (Å²) in [5.74, 6) is 1.17. The molecule has 8 heteroatoms. The molecular weight excluding hydrogens is 368 g/mol. The highest BCUT2D eigenvalue weighted by atomic mass is 16.5. The summed E-state index contributed by atoms with van der Waals surface area (Å²) in [5.41, 5.74) is 2.29. The maximum absolute atomic E-state index is 12.8. The number of aromatic nitrogens is 4. The molecule has 29 heavy (non-hydrogen) atoms. The molecule has 1 fully saturated rings. The van der Waals surface area contributed by atoms with Crippen LogP contribution in [-0.4, -0.2) is 63.5 Å². The van der Waals surface area contributed by atoms with Gasteiger partial charge in [-0.2, -0.15) is 0 Å². The molecule has 0 radical (unpaired) electrons. The Labute approximate surface area is 169 Å². The number of ether oxygens (including phenoxy) is 1. The molecule has 3 aromatic rings. The molecule has 148 valence electrons. The third-order valence-electron chi connectivity index (χ3n) is 4.77. The molecular formula is C21H22N6O2. The molecule has 0 atom stereocenters. The van der Waals surface area contributed by atoms with Gasteiger partial charge in [-0.3, -0.25) is 4.79 Å². The van der Waals surface area contributed by atoms with Crippen LogP contribution in [0.15, 0.2) is 55.1 Å². The first-order valence-corrected chi connectivity index (χ1v) is 9.61. The van der Waals surface area contributed by atoms with Gasteiger partial charge in [0.2, 0.25) is 5.88 Å². The quantitative estimate of drug-likeness (QED) is 0.661. The normalized spacial score (nSPS) is 14.0. The van der Waals surface area contributed by atoms with Crippen molar-refractivity contribution in [3.63, 3.8) is 0 Å². The molecule has 1 saturated heterocycles. The highest BCUT2D eigenvalue weighted by Gasteiger charge is 2.24. The lowest BCUT2D eigenvalue weighted by molar-refractivity contribution is 0.0739. The lowest BCUT2D eigenvalue weighted by Crippen LogP contribution is -2.49. The molecule has 0 N–H and O–H groups in total. The first-order chi connectivity index (χ1) is 14.2. The summed E-state index contributed by atoms with van der Waals surface area (Å²) in [7, 11) is 0. The van der Waals surface area contributed by atoms with Crippen LogP contribution in [0.1, 0.15) is 17.4 Å². The number of hydrogen-bond donors (Lipinski definition) is 0. The van der Waals surface area contributed by atoms with Crippen molar-refractivity contribution < 1.29 is 9.53 Å². The third kappa shape index (κ3) is 4.31. The summed E-state index contributed by atoms with van der Waals surface area (Å²) in [6.07, 6.45) is 2.95. The van der Waals surface area contributed by atoms with Crippen molar-refractivity contribution in [2.45, 2.75) is 6.92 Å². The second-order valence-corrected chi connectivity index (χ2v) is 6.58. The molecule has 1 amide bonds. The molecule has 2 aromatic heterocycles. The Balaban J connectivity index is 1.42. The van der Waals surface area contributed by atoms with Gasteiger partial charge in [-0.25, -0.2) is 19.9 Å². The Morgan fingerprint density at radius 3 is 2.48 bits per heavy atom. The number of piperazine rings is 1. The summed E-state index contributed by atoms with van der Waals surface area (Å²) in [4.78, 5) is 33.7. The third-order valence-corrected chi connectivity index (χ3v) is 4.77. The van der Waals surface area contributed by atoms with Gasteiger partial charge in [0, 0.05) is 43.9 Å². The molecule has 0 unspecified atom stereocenters. The fourth-order valence-corrected chi connectivity index (χ4v) is 3.27. The van der Waals surface area contributed by atoms with E-state index in [-0.39, 0.29) is 5.91 Å². The number of benzene rings is 1. The van der Waals surface area contributed by atoms with Crippen LogP contribution in [0, 0.1) is 0 Å². The fourth-order valence-electron chi connectivity index (χ4n) is 3.27. The predicted molar refractivity (Wildman–Crippen MR) is 109 cm³/mol. The molecule has 0 bridgehead atoms. The maximum Gasteiger partial charge on any atom is 0.272 e. The average molecular weight is 390 g/mol. The SMILES string of the molecule is CCOc1cc(C(=O)N2CCN(c3cc(-c4ccccc4)ncn3)CC2)ncn1. The summed E-state index contributed by atoms with van der Waals surface area (Å²) >= 11 is 0. The molecule has 0 aliphatic carbocycles. The van der Waals surface area contributed by atoms with E-state index in [9.17, 15) is 4.79 Å². The minimum atomic E-state index is -0.110. The van der Waals surface area contributed by atoms with E-state index in [1.165, 1.54) is 6.33 Å². The van der Waals surface area contributed by atoms with E-state index in [1.54, 1.807) is 17.3 Å². The smallest absolute Gasteiger partial charge is 0.272 e. The number of anilines is 1. The summed E-state index contributed by atoms with van der Waals surface area (Å²) in [6.45, 7) is 4.95. The van der Waals surface area contributed by atoms with Gasteiger partial charge >= 0.3 is 0 Å². The Hall–Kier alpha value is -3.55. The average Bonchev–Trinajstić information content (AvgIpc) is 2.80. The van der Waals surface area contributed by atoms with E-state index in [0.29, 0.717) is 44.4 Å². The maximum atomic E-state index is 12.8. The first kappa shape index (κ1) is 18.8. The zero-order valence-electron chi connectivity index (χ0n) is 16.2. The standard InChI is InChI=1S/C21H22N6O2/c1-2-29-20-13-18(23-15-25-20)21(28)27-10-8-26(9-11-27)19-12-17(22-14-24-19)16-6-4-3-5-7-16/h3-7,12-15H,2,8-11H2,1H3. The molecule has 1 aliphatic heterocycles. The van der Waals surface area contributed by atoms with Crippen LogP contribution in [0.5, 0.6) is 5.88 Å². The van der Waals surface area contributed by atoms with Crippen molar-refractivity contribution in [2.75, 3.05) is 37.7 Å². The van der Waals surface area contributed by atoms with Crippen LogP contribution < -0.4 is 9.64 Å². The minimum absolute atomic E-state index is 0.110. The molecule has 0 spiro atoms. The van der Waals surface area contributed by atoms with Crippen molar-refractivity contribution >= 4 is 11.7 Å². The van der Waals surface area contributed by atoms with Crippen molar-refractivity contribution in [1.29, 1.82) is 0 Å². The highest BCUT2D eigenvalue weighted by molar-refractivity contribution is 5.92. The van der Waals surface area contributed by atoms with Crippen LogP contribution >= 0.6 is 0 Å². The van der Waals surface area contributed by atoms with Gasteiger partial charge in [0.25, 0.3) is 5.91 Å². The topological polar surface area (TPSA) is 84.3 Å². The van der Waals surface area contributed by atoms with Crippen molar-refractivity contribution in [3.8, 4) is 17.1 Å². The van der Waals surface area contributed by atoms with Gasteiger partial charge in [-0.15, -0.1) is 0 Å². The second kappa shape index (κ2) is 8.64. The van der Waals surface area contributed by atoms with Crippen LogP contribution in [-0.2, 0) is 0 Å². The Morgan fingerprint density at radius 2 is 1.72 bits per heavy atom. The van der Waals surface area contributed by atoms with Gasteiger partial charge in [0.15, 0.2) is 0 Å². The first-order valence-electron chi connectivity index (χ1n) is 9.61. The largest absolute Gasteiger partial charge is 0.478 e. The van der Waals surface area contributed by atoms with Gasteiger partial charge < -0.3 is 14.5 Å². The number of rotatable bonds is 5. The predicted octanol–water partition coefficient (Wildman–Crippen LogP) is 2.29. The lowest BCUT2D eigenvalue weighted by Gasteiger charge is -2.35. The van der Waals surface area contributed by atoms with E-state index in [0.717, 1.165) is 17.1 Å². The Morgan fingerprint density at radius 1 is 0.966 bits per heavy atom. The van der Waals surface area contributed by atoms with Crippen LogP contribution in [0.2, 0.25) is 0 Å². The number of nitrogens with zero attached hydrogens (tertiary/aromatic N) is 6. The molecule has 8 nitrogen and oxygen atoms in total. The summed E-state index contributed by atoms with van der Waals surface area (Å²) in [5, 5.41) is 0. The van der Waals surface area contributed by atoms with E-state index in [2.05, 4.69) is 24.8 Å². The lowest BCUT2D eigenvalue weighted by atomic mass is 10.1. The van der Waals surface area contributed by atoms with Crippen LogP contribution in [0.25, 0.3) is 11.3 Å². The molecule has 0 saturated carbocycles. The monoisotopic (exact) mass is 390 g/mol. The minimum Gasteiger partial charge on any atom is -0.478 e. The van der Waals surface area contributed by atoms with E-state index < -0.39 is 0 Å². The van der Waals surface area contributed by atoms with E-state index >= 15 is 0 Å². The fraction of sp³-hybridized carbons (Fsp3) is 0.286. The number of amides is 1. The molecule has 4 rings (SSSR count). The number of carbonyl (C=O) groups excluding carboxylic acids is 1. The van der Waals surface area contributed by atoms with Crippen LogP contribution in [0.3, 0.4) is 0 Å². The summed E-state index contributed by atoms with van der Waals surface area (Å²) < 4.78 is 5.36. The van der Waals surface area contributed by atoms with Crippen molar-refractivity contribution in [3.05, 3.63) is 60.8 Å². The van der Waals surface area contributed by atoms with E-state index in [1.807, 2.05) is 43.3 Å². The van der Waals surface area contributed by atoms with Crippen molar-refractivity contribution in [1.82, 2.24) is 24.8 Å². The molecule has 1 aliphatic rings. The van der Waals surface area contributed by atoms with Crippen LogP contribution in [0.4, 0.5) is 5.82 Å². The van der Waals surface area contributed by atoms with Gasteiger partial charge in [-0.05, 0) is 6.92 Å². The Bertz CT molecular complexity index is 974. The van der Waals surface area contributed by atoms with Gasteiger partial charge in [0.1, 0.15) is 24.2 Å². The van der Waals surface area contributed by atoms with Crippen molar-refractivity contribution in [2.24, 2.45) is 0 Å². The van der Waals surface area contributed by atoms with Gasteiger partial charge in [0.05, 0.1) is 12.3 Å². The number of carbonyl (C=O) groups is 1. The second-order valence-electron chi connectivity index (χ2n) is 6.58. The Kier molecular flexibility index (Phi) is 5.60.